The summed E-state index contributed by atoms with van der Waals surface area (Å²) >= 11 is 0. The Bertz CT molecular complexity index is 248. The predicted octanol–water partition coefficient (Wildman–Crippen LogP) is 0.401. The fraction of sp³-hybridized carbons (Fsp3) is 0.800. The van der Waals surface area contributed by atoms with Crippen LogP contribution < -0.4 is 11.1 Å². The Labute approximate surface area is 95.5 Å². The molecule has 0 aromatic carbocycles. The highest BCUT2D eigenvalue weighted by atomic mass is 16.6. The van der Waals surface area contributed by atoms with E-state index in [9.17, 15) is 9.59 Å². The molecule has 16 heavy (non-hydrogen) atoms. The number of nitrogens with two attached hydrogens (primary N) is 1. The zero-order valence-electron chi connectivity index (χ0n) is 10.2. The Hall–Kier alpha value is -1.30. The largest absolute Gasteiger partial charge is 0.467 e. The molecule has 6 nitrogen and oxygen atoms in total. The highest BCUT2D eigenvalue weighted by molar-refractivity contribution is 5.81. The smallest absolute Gasteiger partial charge is 0.408 e. The third kappa shape index (κ3) is 6.23. The molecule has 0 bridgehead atoms. The maximum atomic E-state index is 11.4. The summed E-state index contributed by atoms with van der Waals surface area (Å²) in [7, 11) is 1.25. The summed E-state index contributed by atoms with van der Waals surface area (Å²) in [5.41, 5.74) is 4.72. The Morgan fingerprint density at radius 2 is 1.94 bits per heavy atom. The molecule has 0 aromatic rings. The molecule has 0 fully saturated rings. The third-order valence-corrected chi connectivity index (χ3v) is 1.63. The first-order valence-corrected chi connectivity index (χ1v) is 5.07. The molecule has 1 amide bonds. The number of rotatable bonds is 4. The second kappa shape index (κ2) is 6.32. The van der Waals surface area contributed by atoms with E-state index in [4.69, 9.17) is 10.5 Å². The Morgan fingerprint density at radius 1 is 1.38 bits per heavy atom. The summed E-state index contributed by atoms with van der Waals surface area (Å²) < 4.78 is 9.54. The van der Waals surface area contributed by atoms with Gasteiger partial charge in [0, 0.05) is 0 Å². The number of methoxy groups -OCH3 is 1. The van der Waals surface area contributed by atoms with Crippen LogP contribution in [0.4, 0.5) is 4.79 Å². The average molecular weight is 232 g/mol. The molecule has 0 aliphatic rings. The summed E-state index contributed by atoms with van der Waals surface area (Å²) in [4.78, 5) is 22.6. The van der Waals surface area contributed by atoms with Crippen molar-refractivity contribution in [2.24, 2.45) is 5.73 Å². The van der Waals surface area contributed by atoms with Gasteiger partial charge in [0.05, 0.1) is 7.11 Å². The summed E-state index contributed by atoms with van der Waals surface area (Å²) in [5, 5.41) is 2.41. The molecule has 94 valence electrons. The van der Waals surface area contributed by atoms with Crippen LogP contribution in [0, 0.1) is 0 Å². The van der Waals surface area contributed by atoms with Crippen LogP contribution in [0.25, 0.3) is 0 Å². The number of nitrogens with one attached hydrogen (secondary N) is 1. The van der Waals surface area contributed by atoms with E-state index in [1.54, 1.807) is 20.8 Å². The van der Waals surface area contributed by atoms with Gasteiger partial charge in [-0.2, -0.15) is 0 Å². The highest BCUT2D eigenvalue weighted by Crippen LogP contribution is 2.07. The molecule has 0 rings (SSSR count). The first-order chi connectivity index (χ1) is 7.30. The van der Waals surface area contributed by atoms with Gasteiger partial charge < -0.3 is 20.5 Å². The zero-order chi connectivity index (χ0) is 12.8. The normalized spacial score (nSPS) is 12.8. The number of carbonyl (C=O) groups is 2. The van der Waals surface area contributed by atoms with E-state index in [0.29, 0.717) is 6.42 Å². The Balaban J connectivity index is 4.29. The summed E-state index contributed by atoms with van der Waals surface area (Å²) in [6, 6.07) is -0.759. The predicted molar refractivity (Wildman–Crippen MR) is 58.8 cm³/mol. The van der Waals surface area contributed by atoms with E-state index in [1.807, 2.05) is 0 Å². The fourth-order valence-electron chi connectivity index (χ4n) is 1.01. The van der Waals surface area contributed by atoms with E-state index < -0.39 is 23.7 Å². The quantitative estimate of drug-likeness (QED) is 0.685. The second-order valence-corrected chi connectivity index (χ2v) is 4.30. The van der Waals surface area contributed by atoms with Crippen LogP contribution in [0.15, 0.2) is 0 Å². The monoisotopic (exact) mass is 232 g/mol. The minimum absolute atomic E-state index is 0.273. The number of carbonyl (C=O) groups excluding carboxylic acids is 2. The van der Waals surface area contributed by atoms with Gasteiger partial charge in [-0.1, -0.05) is 0 Å². The molecule has 6 heteroatoms. The lowest BCUT2D eigenvalue weighted by molar-refractivity contribution is -0.143. The van der Waals surface area contributed by atoms with E-state index in [2.05, 4.69) is 10.1 Å². The summed E-state index contributed by atoms with van der Waals surface area (Å²) in [5.74, 6) is -0.531. The van der Waals surface area contributed by atoms with E-state index in [-0.39, 0.29) is 6.54 Å². The van der Waals surface area contributed by atoms with Crippen LogP contribution >= 0.6 is 0 Å². The number of amides is 1. The van der Waals surface area contributed by atoms with Crippen molar-refractivity contribution in [2.45, 2.75) is 38.8 Å². The van der Waals surface area contributed by atoms with Crippen molar-refractivity contribution in [3.63, 3.8) is 0 Å². The first-order valence-electron chi connectivity index (χ1n) is 5.07. The topological polar surface area (TPSA) is 90.6 Å². The first kappa shape index (κ1) is 14.7. The van der Waals surface area contributed by atoms with Crippen molar-refractivity contribution in [3.8, 4) is 0 Å². The number of hydrogen-bond acceptors (Lipinski definition) is 5. The third-order valence-electron chi connectivity index (χ3n) is 1.63. The maximum Gasteiger partial charge on any atom is 0.408 e. The van der Waals surface area contributed by atoms with Crippen LogP contribution in [0.2, 0.25) is 0 Å². The molecule has 1 atom stereocenters. The van der Waals surface area contributed by atoms with Crippen LogP contribution in [0.3, 0.4) is 0 Å². The van der Waals surface area contributed by atoms with Crippen molar-refractivity contribution in [2.75, 3.05) is 13.7 Å². The van der Waals surface area contributed by atoms with Crippen molar-refractivity contribution >= 4 is 12.1 Å². The number of alkyl carbamates (subject to hydrolysis) is 1. The van der Waals surface area contributed by atoms with Crippen LogP contribution in [0.5, 0.6) is 0 Å². The Morgan fingerprint density at radius 3 is 2.31 bits per heavy atom. The molecule has 0 radical (unpaired) electrons. The van der Waals surface area contributed by atoms with Gasteiger partial charge in [0.25, 0.3) is 0 Å². The van der Waals surface area contributed by atoms with Gasteiger partial charge in [0.2, 0.25) is 0 Å². The zero-order valence-corrected chi connectivity index (χ0v) is 10.2. The molecule has 3 N–H and O–H groups in total. The van der Waals surface area contributed by atoms with Gasteiger partial charge in [-0.05, 0) is 33.7 Å². The average Bonchev–Trinajstić information content (AvgIpc) is 2.13. The Kier molecular flexibility index (Phi) is 5.81. The minimum atomic E-state index is -0.759. The number of esters is 1. The molecule has 1 unspecified atom stereocenters. The standard InChI is InChI=1S/C10H20N2O4/c1-10(2,3)16-9(14)12-7(5-6-11)8(13)15-4/h7H,5-6,11H2,1-4H3,(H,12,14). The van der Waals surface area contributed by atoms with Crippen LogP contribution in [-0.4, -0.2) is 37.4 Å². The fourth-order valence-corrected chi connectivity index (χ4v) is 1.01. The lowest BCUT2D eigenvalue weighted by Crippen LogP contribution is -2.44. The van der Waals surface area contributed by atoms with Gasteiger partial charge in [0.15, 0.2) is 0 Å². The molecular weight excluding hydrogens is 212 g/mol. The van der Waals surface area contributed by atoms with Crippen molar-refractivity contribution in [1.29, 1.82) is 0 Å². The van der Waals surface area contributed by atoms with Crippen molar-refractivity contribution < 1.29 is 19.1 Å². The molecule has 0 aliphatic carbocycles. The number of hydrogen-bond donors (Lipinski definition) is 2. The highest BCUT2D eigenvalue weighted by Gasteiger charge is 2.24. The molecular formula is C10H20N2O4. The van der Waals surface area contributed by atoms with Crippen molar-refractivity contribution in [1.82, 2.24) is 5.32 Å². The molecule has 0 saturated heterocycles. The molecule has 0 aromatic heterocycles. The molecule has 0 aliphatic heterocycles. The van der Waals surface area contributed by atoms with Gasteiger partial charge in [0.1, 0.15) is 11.6 Å². The lowest BCUT2D eigenvalue weighted by Gasteiger charge is -2.22. The second-order valence-electron chi connectivity index (χ2n) is 4.30. The van der Waals surface area contributed by atoms with E-state index in [0.717, 1.165) is 0 Å². The van der Waals surface area contributed by atoms with Gasteiger partial charge in [-0.15, -0.1) is 0 Å². The maximum absolute atomic E-state index is 11.4. The van der Waals surface area contributed by atoms with Gasteiger partial charge in [-0.3, -0.25) is 0 Å². The van der Waals surface area contributed by atoms with Crippen molar-refractivity contribution in [3.05, 3.63) is 0 Å². The van der Waals surface area contributed by atoms with Crippen LogP contribution in [-0.2, 0) is 14.3 Å². The van der Waals surface area contributed by atoms with Gasteiger partial charge >= 0.3 is 12.1 Å². The lowest BCUT2D eigenvalue weighted by atomic mass is 10.2. The molecule has 0 heterocycles. The molecule has 0 spiro atoms. The SMILES string of the molecule is COC(=O)C(CCN)NC(=O)OC(C)(C)C. The van der Waals surface area contributed by atoms with Gasteiger partial charge in [-0.25, -0.2) is 9.59 Å². The summed E-state index contributed by atoms with van der Waals surface area (Å²) in [6.07, 6.45) is -0.345. The summed E-state index contributed by atoms with van der Waals surface area (Å²) in [6.45, 7) is 5.49. The van der Waals surface area contributed by atoms with E-state index >= 15 is 0 Å². The minimum Gasteiger partial charge on any atom is -0.467 e. The number of ether oxygens (including phenoxy) is 2. The molecule has 0 saturated carbocycles. The van der Waals surface area contributed by atoms with E-state index in [1.165, 1.54) is 7.11 Å². The van der Waals surface area contributed by atoms with Crippen LogP contribution in [0.1, 0.15) is 27.2 Å².